The minimum absolute atomic E-state index is 0.540. The van der Waals surface area contributed by atoms with Gasteiger partial charge in [0.2, 0.25) is 0 Å². The maximum absolute atomic E-state index is 5.00. The van der Waals surface area contributed by atoms with Crippen molar-refractivity contribution in [1.82, 2.24) is 20.3 Å². The zero-order valence-corrected chi connectivity index (χ0v) is 9.15. The predicted octanol–water partition coefficient (Wildman–Crippen LogP) is 0.567. The standard InChI is InChI=1S/C10H18N4O/c1-15-8-10-7-14(13-12-10)6-9-4-2-3-5-11-9/h7,9,11H,2-6,8H2,1H3. The molecule has 0 radical (unpaired) electrons. The van der Waals surface area contributed by atoms with E-state index in [2.05, 4.69) is 15.6 Å². The Morgan fingerprint density at radius 3 is 3.27 bits per heavy atom. The van der Waals surface area contributed by atoms with Crippen molar-refractivity contribution in [2.75, 3.05) is 13.7 Å². The van der Waals surface area contributed by atoms with Gasteiger partial charge in [0.25, 0.3) is 0 Å². The van der Waals surface area contributed by atoms with Crippen LogP contribution in [-0.4, -0.2) is 34.7 Å². The van der Waals surface area contributed by atoms with Crippen molar-refractivity contribution in [3.8, 4) is 0 Å². The Bertz CT molecular complexity index is 293. The van der Waals surface area contributed by atoms with E-state index in [9.17, 15) is 0 Å². The summed E-state index contributed by atoms with van der Waals surface area (Å²) in [6.07, 6.45) is 5.80. The summed E-state index contributed by atoms with van der Waals surface area (Å²) in [6.45, 7) is 2.58. The first kappa shape index (κ1) is 10.6. The number of nitrogens with zero attached hydrogens (tertiary/aromatic N) is 3. The van der Waals surface area contributed by atoms with Gasteiger partial charge in [0.1, 0.15) is 5.69 Å². The van der Waals surface area contributed by atoms with Gasteiger partial charge >= 0.3 is 0 Å². The van der Waals surface area contributed by atoms with Crippen LogP contribution in [0.2, 0.25) is 0 Å². The molecule has 0 bridgehead atoms. The quantitative estimate of drug-likeness (QED) is 0.789. The lowest BCUT2D eigenvalue weighted by atomic mass is 10.1. The van der Waals surface area contributed by atoms with Crippen molar-refractivity contribution >= 4 is 0 Å². The van der Waals surface area contributed by atoms with Gasteiger partial charge < -0.3 is 10.1 Å². The Morgan fingerprint density at radius 1 is 1.60 bits per heavy atom. The first-order chi connectivity index (χ1) is 7.38. The number of hydrogen-bond donors (Lipinski definition) is 1. The highest BCUT2D eigenvalue weighted by Gasteiger charge is 2.13. The molecule has 1 aliphatic rings. The largest absolute Gasteiger partial charge is 0.378 e. The van der Waals surface area contributed by atoms with Crippen LogP contribution in [0.15, 0.2) is 6.20 Å². The van der Waals surface area contributed by atoms with Crippen LogP contribution in [0.1, 0.15) is 25.0 Å². The summed E-state index contributed by atoms with van der Waals surface area (Å²) in [6, 6.07) is 0.552. The molecule has 1 aromatic heterocycles. The summed E-state index contributed by atoms with van der Waals surface area (Å²) in [5, 5.41) is 11.6. The highest BCUT2D eigenvalue weighted by Crippen LogP contribution is 2.08. The number of ether oxygens (including phenoxy) is 1. The van der Waals surface area contributed by atoms with E-state index in [0.717, 1.165) is 18.8 Å². The average molecular weight is 210 g/mol. The first-order valence-corrected chi connectivity index (χ1v) is 5.50. The Morgan fingerprint density at radius 2 is 2.53 bits per heavy atom. The Hall–Kier alpha value is -0.940. The normalized spacial score (nSPS) is 21.8. The van der Waals surface area contributed by atoms with Gasteiger partial charge in [-0.2, -0.15) is 0 Å². The molecule has 15 heavy (non-hydrogen) atoms. The molecular weight excluding hydrogens is 192 g/mol. The topological polar surface area (TPSA) is 52.0 Å². The van der Waals surface area contributed by atoms with E-state index < -0.39 is 0 Å². The summed E-state index contributed by atoms with van der Waals surface area (Å²) in [7, 11) is 1.67. The summed E-state index contributed by atoms with van der Waals surface area (Å²) < 4.78 is 6.90. The Labute approximate surface area is 89.8 Å². The van der Waals surface area contributed by atoms with Gasteiger partial charge in [-0.1, -0.05) is 11.6 Å². The van der Waals surface area contributed by atoms with Crippen LogP contribution in [0.3, 0.4) is 0 Å². The van der Waals surface area contributed by atoms with E-state index >= 15 is 0 Å². The van der Waals surface area contributed by atoms with E-state index in [4.69, 9.17) is 4.74 Å². The lowest BCUT2D eigenvalue weighted by Gasteiger charge is -2.22. The van der Waals surface area contributed by atoms with Gasteiger partial charge in [-0.15, -0.1) is 5.10 Å². The smallest absolute Gasteiger partial charge is 0.108 e. The third-order valence-corrected chi connectivity index (χ3v) is 2.70. The first-order valence-electron chi connectivity index (χ1n) is 5.50. The molecule has 1 atom stereocenters. The highest BCUT2D eigenvalue weighted by atomic mass is 16.5. The van der Waals surface area contributed by atoms with Crippen LogP contribution >= 0.6 is 0 Å². The number of hydrogen-bond acceptors (Lipinski definition) is 4. The average Bonchev–Trinajstić information content (AvgIpc) is 2.68. The molecule has 0 aromatic carbocycles. The van der Waals surface area contributed by atoms with Gasteiger partial charge in [-0.25, -0.2) is 0 Å². The molecule has 1 fully saturated rings. The Kier molecular flexibility index (Phi) is 3.69. The van der Waals surface area contributed by atoms with Crippen LogP contribution in [-0.2, 0) is 17.9 Å². The molecule has 1 saturated heterocycles. The van der Waals surface area contributed by atoms with Crippen molar-refractivity contribution in [3.05, 3.63) is 11.9 Å². The number of methoxy groups -OCH3 is 1. The minimum atomic E-state index is 0.540. The summed E-state index contributed by atoms with van der Waals surface area (Å²) in [5.41, 5.74) is 0.897. The fourth-order valence-corrected chi connectivity index (χ4v) is 1.95. The van der Waals surface area contributed by atoms with Crippen molar-refractivity contribution in [1.29, 1.82) is 0 Å². The zero-order chi connectivity index (χ0) is 10.5. The summed E-state index contributed by atoms with van der Waals surface area (Å²) in [5.74, 6) is 0. The van der Waals surface area contributed by atoms with Gasteiger partial charge in [0.05, 0.1) is 19.3 Å². The van der Waals surface area contributed by atoms with Gasteiger partial charge in [-0.05, 0) is 19.4 Å². The lowest BCUT2D eigenvalue weighted by Crippen LogP contribution is -2.37. The molecule has 0 saturated carbocycles. The monoisotopic (exact) mass is 210 g/mol. The fourth-order valence-electron chi connectivity index (χ4n) is 1.95. The van der Waals surface area contributed by atoms with Gasteiger partial charge in [-0.3, -0.25) is 4.68 Å². The molecule has 5 nitrogen and oxygen atoms in total. The number of rotatable bonds is 4. The van der Waals surface area contributed by atoms with Crippen LogP contribution in [0.25, 0.3) is 0 Å². The molecule has 0 aliphatic carbocycles. The molecule has 0 spiro atoms. The molecule has 1 aliphatic heterocycles. The van der Waals surface area contributed by atoms with Crippen LogP contribution < -0.4 is 5.32 Å². The minimum Gasteiger partial charge on any atom is -0.378 e. The lowest BCUT2D eigenvalue weighted by molar-refractivity contribution is 0.181. The SMILES string of the molecule is COCc1cn(CC2CCCCN2)nn1. The third kappa shape index (κ3) is 3.00. The Balaban J connectivity index is 1.86. The maximum atomic E-state index is 5.00. The molecule has 1 unspecified atom stereocenters. The van der Waals surface area contributed by atoms with Crippen molar-refractivity contribution in [3.63, 3.8) is 0 Å². The van der Waals surface area contributed by atoms with E-state index in [1.54, 1.807) is 7.11 Å². The fraction of sp³-hybridized carbons (Fsp3) is 0.800. The second kappa shape index (κ2) is 5.23. The number of aromatic nitrogens is 3. The molecule has 5 heteroatoms. The molecular formula is C10H18N4O. The number of piperidine rings is 1. The second-order valence-corrected chi connectivity index (χ2v) is 4.01. The molecule has 84 valence electrons. The molecule has 0 amide bonds. The maximum Gasteiger partial charge on any atom is 0.108 e. The predicted molar refractivity (Wildman–Crippen MR) is 56.4 cm³/mol. The molecule has 1 N–H and O–H groups in total. The highest BCUT2D eigenvalue weighted by molar-refractivity contribution is 4.90. The second-order valence-electron chi connectivity index (χ2n) is 4.01. The van der Waals surface area contributed by atoms with Crippen molar-refractivity contribution in [2.45, 2.75) is 38.5 Å². The van der Waals surface area contributed by atoms with E-state index in [1.165, 1.54) is 19.3 Å². The van der Waals surface area contributed by atoms with Gasteiger partial charge in [0, 0.05) is 13.2 Å². The molecule has 2 rings (SSSR count). The zero-order valence-electron chi connectivity index (χ0n) is 9.15. The third-order valence-electron chi connectivity index (χ3n) is 2.70. The van der Waals surface area contributed by atoms with Crippen LogP contribution in [0.4, 0.5) is 0 Å². The van der Waals surface area contributed by atoms with Crippen LogP contribution in [0.5, 0.6) is 0 Å². The number of nitrogens with one attached hydrogen (secondary N) is 1. The van der Waals surface area contributed by atoms with Crippen molar-refractivity contribution in [2.24, 2.45) is 0 Å². The van der Waals surface area contributed by atoms with E-state index in [1.807, 2.05) is 10.9 Å². The summed E-state index contributed by atoms with van der Waals surface area (Å²) >= 11 is 0. The van der Waals surface area contributed by atoms with Crippen LogP contribution in [0, 0.1) is 0 Å². The van der Waals surface area contributed by atoms with Gasteiger partial charge in [0.15, 0.2) is 0 Å². The van der Waals surface area contributed by atoms with E-state index in [-0.39, 0.29) is 0 Å². The molecule has 1 aromatic rings. The van der Waals surface area contributed by atoms with Crippen molar-refractivity contribution < 1.29 is 4.74 Å². The summed E-state index contributed by atoms with van der Waals surface area (Å²) in [4.78, 5) is 0. The van der Waals surface area contributed by atoms with E-state index in [0.29, 0.717) is 12.6 Å². The molecule has 2 heterocycles.